The van der Waals surface area contributed by atoms with Crippen LogP contribution in [-0.4, -0.2) is 66.0 Å². The largest absolute Gasteiger partial charge is 0.338 e. The number of aryl methyl sites for hydroxylation is 1. The number of imidazole rings is 1. The zero-order chi connectivity index (χ0) is 23.8. The summed E-state index contributed by atoms with van der Waals surface area (Å²) >= 11 is 0. The van der Waals surface area contributed by atoms with Crippen molar-refractivity contribution in [2.75, 3.05) is 31.9 Å². The number of Topliss-reactive ketones (excluding diaryl/α,β-unsaturated/α-hetero) is 1. The first kappa shape index (κ1) is 24.2. The average Bonchev–Trinajstić information content (AvgIpc) is 3.01. The molecule has 1 atom stereocenters. The van der Waals surface area contributed by atoms with Crippen LogP contribution >= 0.6 is 0 Å². The Balaban J connectivity index is 2.11. The number of rotatable bonds is 7. The van der Waals surface area contributed by atoms with Gasteiger partial charge in [0.15, 0.2) is 0 Å². The molecule has 1 fully saturated rings. The van der Waals surface area contributed by atoms with E-state index in [9.17, 15) is 18.0 Å². The van der Waals surface area contributed by atoms with Crippen molar-refractivity contribution < 1.29 is 18.0 Å². The van der Waals surface area contributed by atoms with Crippen molar-refractivity contribution in [2.24, 2.45) is 18.9 Å². The summed E-state index contributed by atoms with van der Waals surface area (Å²) in [6, 6.07) is 3.23. The van der Waals surface area contributed by atoms with Gasteiger partial charge in [0.2, 0.25) is 0 Å². The van der Waals surface area contributed by atoms with E-state index in [-0.39, 0.29) is 23.3 Å². The van der Waals surface area contributed by atoms with Crippen molar-refractivity contribution in [3.05, 3.63) is 23.5 Å². The third-order valence-electron chi connectivity index (χ3n) is 5.89. The van der Waals surface area contributed by atoms with Crippen LogP contribution in [0.25, 0.3) is 11.0 Å². The molecule has 0 aliphatic carbocycles. The van der Waals surface area contributed by atoms with E-state index in [2.05, 4.69) is 18.6 Å². The minimum atomic E-state index is -3.75. The number of hydrogen-bond donors (Lipinski definition) is 1. The molecule has 1 aromatic heterocycles. The van der Waals surface area contributed by atoms with E-state index in [0.717, 1.165) is 29.4 Å². The molecule has 176 valence electrons. The Morgan fingerprint density at radius 3 is 2.56 bits per heavy atom. The van der Waals surface area contributed by atoms with E-state index in [1.165, 1.54) is 14.1 Å². The maximum atomic E-state index is 13.6. The van der Waals surface area contributed by atoms with E-state index in [1.807, 2.05) is 11.6 Å². The van der Waals surface area contributed by atoms with Gasteiger partial charge in [0, 0.05) is 46.6 Å². The molecule has 9 nitrogen and oxygen atoms in total. The number of aromatic nitrogens is 2. The van der Waals surface area contributed by atoms with Gasteiger partial charge in [0.1, 0.15) is 11.6 Å². The van der Waals surface area contributed by atoms with Gasteiger partial charge in [-0.05, 0) is 37.8 Å². The first-order valence-electron chi connectivity index (χ1n) is 10.9. The third kappa shape index (κ3) is 4.96. The Morgan fingerprint density at radius 2 is 1.97 bits per heavy atom. The molecule has 1 aromatic carbocycles. The number of carbonyl (C=O) groups excluding carboxylic acids is 2. The standard InChI is InChI=1S/C22H33N5O4S/c1-14(2)10-20-23-19-12-17(24-32(30,31)25(4)5)11-18(21(19)26(20)6)22(29)27-9-7-8-16(13-27)15(3)28/h11-12,14,16,24H,7-10,13H2,1-6H3/t16-/m0/s1. The van der Waals surface area contributed by atoms with Crippen molar-refractivity contribution in [2.45, 2.75) is 40.0 Å². The summed E-state index contributed by atoms with van der Waals surface area (Å²) in [6.45, 7) is 6.69. The van der Waals surface area contributed by atoms with E-state index < -0.39 is 10.2 Å². The zero-order valence-electron chi connectivity index (χ0n) is 19.7. The summed E-state index contributed by atoms with van der Waals surface area (Å²) in [7, 11) is 0.996. The van der Waals surface area contributed by atoms with Crippen LogP contribution in [0.3, 0.4) is 0 Å². The summed E-state index contributed by atoms with van der Waals surface area (Å²) in [6.07, 6.45) is 2.27. The van der Waals surface area contributed by atoms with Crippen LogP contribution in [0.1, 0.15) is 49.8 Å². The molecule has 1 saturated heterocycles. The van der Waals surface area contributed by atoms with Gasteiger partial charge in [-0.15, -0.1) is 0 Å². The quantitative estimate of drug-likeness (QED) is 0.679. The number of amides is 1. The fraction of sp³-hybridized carbons (Fsp3) is 0.591. The summed E-state index contributed by atoms with van der Waals surface area (Å²) < 4.78 is 30.3. The van der Waals surface area contributed by atoms with Crippen LogP contribution in [0.4, 0.5) is 5.69 Å². The third-order valence-corrected chi connectivity index (χ3v) is 7.35. The second-order valence-corrected chi connectivity index (χ2v) is 11.1. The number of hydrogen-bond acceptors (Lipinski definition) is 5. The predicted molar refractivity (Wildman–Crippen MR) is 125 cm³/mol. The van der Waals surface area contributed by atoms with Crippen LogP contribution < -0.4 is 4.72 Å². The van der Waals surface area contributed by atoms with Crippen molar-refractivity contribution in [1.29, 1.82) is 0 Å². The number of piperidine rings is 1. The molecule has 0 unspecified atom stereocenters. The molecule has 1 aliphatic heterocycles. The maximum Gasteiger partial charge on any atom is 0.301 e. The number of likely N-dealkylation sites (tertiary alicyclic amines) is 1. The fourth-order valence-electron chi connectivity index (χ4n) is 4.07. The van der Waals surface area contributed by atoms with Gasteiger partial charge < -0.3 is 9.47 Å². The van der Waals surface area contributed by atoms with Gasteiger partial charge in [-0.2, -0.15) is 12.7 Å². The molecule has 2 heterocycles. The second-order valence-electron chi connectivity index (χ2n) is 9.17. The molecule has 1 aliphatic rings. The molecule has 1 amide bonds. The second kappa shape index (κ2) is 9.19. The number of benzene rings is 1. The first-order valence-corrected chi connectivity index (χ1v) is 12.3. The van der Waals surface area contributed by atoms with Crippen molar-refractivity contribution in [1.82, 2.24) is 18.8 Å². The number of nitrogens with one attached hydrogen (secondary N) is 1. The molecule has 0 radical (unpaired) electrons. The number of carbonyl (C=O) groups is 2. The normalized spacial score (nSPS) is 17.4. The Hall–Kier alpha value is -2.46. The van der Waals surface area contributed by atoms with Gasteiger partial charge in [-0.3, -0.25) is 14.3 Å². The van der Waals surface area contributed by atoms with Crippen LogP contribution in [0.15, 0.2) is 12.1 Å². The van der Waals surface area contributed by atoms with E-state index >= 15 is 0 Å². The van der Waals surface area contributed by atoms with Crippen molar-refractivity contribution in [3.8, 4) is 0 Å². The Bertz CT molecular complexity index is 1140. The highest BCUT2D eigenvalue weighted by Crippen LogP contribution is 2.29. The van der Waals surface area contributed by atoms with Crippen molar-refractivity contribution in [3.63, 3.8) is 0 Å². The SMILES string of the molecule is CC(=O)[C@H]1CCCN(C(=O)c2cc(NS(=O)(=O)N(C)C)cc3nc(CC(C)C)n(C)c23)C1. The molecule has 2 aromatic rings. The van der Waals surface area contributed by atoms with Crippen LogP contribution in [0.5, 0.6) is 0 Å². The maximum absolute atomic E-state index is 13.6. The Kier molecular flexibility index (Phi) is 6.94. The van der Waals surface area contributed by atoms with Crippen LogP contribution in [0.2, 0.25) is 0 Å². The Morgan fingerprint density at radius 1 is 1.28 bits per heavy atom. The molecule has 1 N–H and O–H groups in total. The fourth-order valence-corrected chi connectivity index (χ4v) is 4.67. The summed E-state index contributed by atoms with van der Waals surface area (Å²) in [5.41, 5.74) is 1.89. The van der Waals surface area contributed by atoms with Crippen LogP contribution in [0, 0.1) is 11.8 Å². The number of nitrogens with zero attached hydrogens (tertiary/aromatic N) is 4. The van der Waals surface area contributed by atoms with E-state index in [4.69, 9.17) is 4.98 Å². The molecule has 10 heteroatoms. The predicted octanol–water partition coefficient (Wildman–Crippen LogP) is 2.43. The molecule has 3 rings (SSSR count). The van der Waals surface area contributed by atoms with Gasteiger partial charge in [-0.1, -0.05) is 13.8 Å². The lowest BCUT2D eigenvalue weighted by Gasteiger charge is -2.32. The zero-order valence-corrected chi connectivity index (χ0v) is 20.5. The van der Waals surface area contributed by atoms with Crippen molar-refractivity contribution >= 4 is 38.6 Å². The molecular formula is C22H33N5O4S. The molecule has 0 saturated carbocycles. The molecule has 32 heavy (non-hydrogen) atoms. The first-order chi connectivity index (χ1) is 14.9. The van der Waals surface area contributed by atoms with Crippen LogP contribution in [-0.2, 0) is 28.5 Å². The van der Waals surface area contributed by atoms with Gasteiger partial charge in [0.25, 0.3) is 5.91 Å². The van der Waals surface area contributed by atoms with Gasteiger partial charge >= 0.3 is 10.2 Å². The molecular weight excluding hydrogens is 430 g/mol. The summed E-state index contributed by atoms with van der Waals surface area (Å²) in [5, 5.41) is 0. The minimum Gasteiger partial charge on any atom is -0.338 e. The highest BCUT2D eigenvalue weighted by Gasteiger charge is 2.29. The monoisotopic (exact) mass is 463 g/mol. The lowest BCUT2D eigenvalue weighted by Crippen LogP contribution is -2.42. The highest BCUT2D eigenvalue weighted by molar-refractivity contribution is 7.90. The van der Waals surface area contributed by atoms with E-state index in [0.29, 0.717) is 35.6 Å². The lowest BCUT2D eigenvalue weighted by atomic mass is 9.94. The number of ketones is 1. The molecule has 0 spiro atoms. The minimum absolute atomic E-state index is 0.0832. The summed E-state index contributed by atoms with van der Waals surface area (Å²) in [5.74, 6) is 0.902. The average molecular weight is 464 g/mol. The van der Waals surface area contributed by atoms with E-state index in [1.54, 1.807) is 24.0 Å². The summed E-state index contributed by atoms with van der Waals surface area (Å²) in [4.78, 5) is 31.9. The van der Waals surface area contributed by atoms with Gasteiger partial charge in [-0.25, -0.2) is 4.98 Å². The Labute approximate surface area is 190 Å². The lowest BCUT2D eigenvalue weighted by molar-refractivity contribution is -0.122. The number of anilines is 1. The number of fused-ring (bicyclic) bond motifs is 1. The molecule has 0 bridgehead atoms. The smallest absolute Gasteiger partial charge is 0.301 e. The highest BCUT2D eigenvalue weighted by atomic mass is 32.2. The topological polar surface area (TPSA) is 105 Å². The van der Waals surface area contributed by atoms with Gasteiger partial charge in [0.05, 0.1) is 22.3 Å².